The minimum absolute atomic E-state index is 0.143. The van der Waals surface area contributed by atoms with E-state index in [0.29, 0.717) is 0 Å². The third-order valence-electron chi connectivity index (χ3n) is 2.04. The zero-order chi connectivity index (χ0) is 9.84. The minimum Gasteiger partial charge on any atom is -0.298 e. The fourth-order valence-corrected chi connectivity index (χ4v) is 1.46. The van der Waals surface area contributed by atoms with Crippen LogP contribution >= 0.6 is 15.9 Å². The summed E-state index contributed by atoms with van der Waals surface area (Å²) < 4.78 is 0. The van der Waals surface area contributed by atoms with Crippen LogP contribution in [0.25, 0.3) is 0 Å². The van der Waals surface area contributed by atoms with E-state index in [4.69, 9.17) is 0 Å². The largest absolute Gasteiger partial charge is 0.298 e. The number of ketones is 1. The molecule has 1 rings (SSSR count). The normalized spacial score (nSPS) is 12.5. The molecule has 0 N–H and O–H groups in total. The van der Waals surface area contributed by atoms with Crippen molar-refractivity contribution in [1.29, 1.82) is 0 Å². The van der Waals surface area contributed by atoms with Crippen LogP contribution in [-0.4, -0.2) is 5.78 Å². The van der Waals surface area contributed by atoms with Crippen molar-refractivity contribution in [1.82, 2.24) is 0 Å². The Morgan fingerprint density at radius 3 is 2.31 bits per heavy atom. The predicted molar refractivity (Wildman–Crippen MR) is 58.2 cm³/mol. The van der Waals surface area contributed by atoms with Gasteiger partial charge >= 0.3 is 0 Å². The van der Waals surface area contributed by atoms with Crippen LogP contribution in [0.4, 0.5) is 0 Å². The van der Waals surface area contributed by atoms with E-state index in [-0.39, 0.29) is 10.6 Å². The average Bonchev–Trinajstić information content (AvgIpc) is 2.17. The van der Waals surface area contributed by atoms with E-state index >= 15 is 0 Å². The van der Waals surface area contributed by atoms with Crippen molar-refractivity contribution in [3.05, 3.63) is 35.4 Å². The number of carbonyl (C=O) groups is 1. The van der Waals surface area contributed by atoms with E-state index in [1.807, 2.05) is 12.1 Å². The molecule has 1 atom stereocenters. The molecule has 0 saturated heterocycles. The molecular formula is C11H13BrO. The Kier molecular flexibility index (Phi) is 3.67. The van der Waals surface area contributed by atoms with Crippen molar-refractivity contribution < 1.29 is 4.79 Å². The van der Waals surface area contributed by atoms with E-state index in [0.717, 1.165) is 12.0 Å². The lowest BCUT2D eigenvalue weighted by Gasteiger charge is -2.06. The van der Waals surface area contributed by atoms with Gasteiger partial charge in [-0.3, -0.25) is 4.79 Å². The molecule has 1 aromatic carbocycles. The maximum absolute atomic E-state index is 11.1. The van der Waals surface area contributed by atoms with Gasteiger partial charge in [0.1, 0.15) is 5.78 Å². The van der Waals surface area contributed by atoms with Gasteiger partial charge in [0.05, 0.1) is 4.83 Å². The van der Waals surface area contributed by atoms with Crippen LogP contribution in [0.5, 0.6) is 0 Å². The minimum atomic E-state index is -0.154. The molecule has 70 valence electrons. The first kappa shape index (κ1) is 10.5. The van der Waals surface area contributed by atoms with Crippen LogP contribution in [0, 0.1) is 0 Å². The lowest BCUT2D eigenvalue weighted by Crippen LogP contribution is -2.00. The van der Waals surface area contributed by atoms with Gasteiger partial charge in [0.15, 0.2) is 0 Å². The Balaban J connectivity index is 2.85. The Bertz CT molecular complexity index is 289. The van der Waals surface area contributed by atoms with Gasteiger partial charge < -0.3 is 0 Å². The molecule has 0 heterocycles. The van der Waals surface area contributed by atoms with Crippen LogP contribution in [0.15, 0.2) is 24.3 Å². The molecule has 0 aliphatic heterocycles. The highest BCUT2D eigenvalue weighted by Crippen LogP contribution is 2.23. The van der Waals surface area contributed by atoms with Crippen LogP contribution in [-0.2, 0) is 11.2 Å². The first-order valence-corrected chi connectivity index (χ1v) is 5.30. The number of benzene rings is 1. The number of rotatable bonds is 3. The van der Waals surface area contributed by atoms with Crippen LogP contribution in [0.2, 0.25) is 0 Å². The molecule has 2 heteroatoms. The number of Topliss-reactive ketones (excluding diaryl/α,β-unsaturated/α-hetero) is 1. The zero-order valence-electron chi connectivity index (χ0n) is 7.88. The van der Waals surface area contributed by atoms with Gasteiger partial charge in [-0.15, -0.1) is 0 Å². The molecule has 0 spiro atoms. The number of hydrogen-bond donors (Lipinski definition) is 0. The summed E-state index contributed by atoms with van der Waals surface area (Å²) in [4.78, 5) is 10.9. The first-order valence-electron chi connectivity index (χ1n) is 4.38. The molecule has 0 radical (unpaired) electrons. The fourth-order valence-electron chi connectivity index (χ4n) is 1.16. The summed E-state index contributed by atoms with van der Waals surface area (Å²) in [5.41, 5.74) is 2.33. The highest BCUT2D eigenvalue weighted by Gasteiger charge is 2.11. The van der Waals surface area contributed by atoms with Crippen LogP contribution < -0.4 is 0 Å². The Morgan fingerprint density at radius 1 is 1.38 bits per heavy atom. The summed E-state index contributed by atoms with van der Waals surface area (Å²) in [6, 6.07) is 8.12. The highest BCUT2D eigenvalue weighted by atomic mass is 79.9. The van der Waals surface area contributed by atoms with E-state index in [1.54, 1.807) is 6.92 Å². The number of halogens is 1. The zero-order valence-corrected chi connectivity index (χ0v) is 9.47. The topological polar surface area (TPSA) is 17.1 Å². The number of hydrogen-bond acceptors (Lipinski definition) is 1. The fraction of sp³-hybridized carbons (Fsp3) is 0.364. The van der Waals surface area contributed by atoms with Gasteiger partial charge in [0.25, 0.3) is 0 Å². The monoisotopic (exact) mass is 240 g/mol. The third-order valence-corrected chi connectivity index (χ3v) is 3.21. The first-order chi connectivity index (χ1) is 6.15. The summed E-state index contributed by atoms with van der Waals surface area (Å²) >= 11 is 3.35. The average molecular weight is 241 g/mol. The summed E-state index contributed by atoms with van der Waals surface area (Å²) in [7, 11) is 0. The molecule has 1 nitrogen and oxygen atoms in total. The maximum atomic E-state index is 11.1. The summed E-state index contributed by atoms with van der Waals surface area (Å²) in [6.07, 6.45) is 1.04. The number of carbonyl (C=O) groups excluding carboxylic acids is 1. The molecule has 0 aliphatic carbocycles. The quantitative estimate of drug-likeness (QED) is 0.742. The van der Waals surface area contributed by atoms with Crippen LogP contribution in [0.3, 0.4) is 0 Å². The van der Waals surface area contributed by atoms with Crippen LogP contribution in [0.1, 0.15) is 29.8 Å². The van der Waals surface area contributed by atoms with Gasteiger partial charge in [0.2, 0.25) is 0 Å². The molecule has 0 bridgehead atoms. The summed E-state index contributed by atoms with van der Waals surface area (Å²) in [6.45, 7) is 3.71. The van der Waals surface area contributed by atoms with Gasteiger partial charge in [-0.25, -0.2) is 0 Å². The summed E-state index contributed by atoms with van der Waals surface area (Å²) in [5.74, 6) is 0.143. The highest BCUT2D eigenvalue weighted by molar-refractivity contribution is 9.09. The standard InChI is InChI=1S/C11H13BrO/c1-3-9-4-6-10(7-5-9)11(12)8(2)13/h4-7,11H,3H2,1-2H3. The number of aryl methyl sites for hydroxylation is 1. The van der Waals surface area contributed by atoms with E-state index in [2.05, 4.69) is 35.0 Å². The summed E-state index contributed by atoms with van der Waals surface area (Å²) in [5, 5.41) is 0. The molecule has 1 aromatic rings. The molecule has 13 heavy (non-hydrogen) atoms. The second-order valence-corrected chi connectivity index (χ2v) is 3.98. The molecule has 1 unspecified atom stereocenters. The van der Waals surface area contributed by atoms with Crippen molar-refractivity contribution >= 4 is 21.7 Å². The van der Waals surface area contributed by atoms with Gasteiger partial charge in [-0.05, 0) is 24.5 Å². The molecule has 0 aromatic heterocycles. The molecule has 0 fully saturated rings. The van der Waals surface area contributed by atoms with E-state index in [9.17, 15) is 4.79 Å². The predicted octanol–water partition coefficient (Wildman–Crippen LogP) is 3.27. The Hall–Kier alpha value is -0.630. The number of alkyl halides is 1. The molecule has 0 amide bonds. The van der Waals surface area contributed by atoms with Crippen molar-refractivity contribution in [2.45, 2.75) is 25.1 Å². The molecule has 0 saturated carbocycles. The molecule has 0 aliphatic rings. The van der Waals surface area contributed by atoms with Crippen molar-refractivity contribution in [3.63, 3.8) is 0 Å². The van der Waals surface area contributed by atoms with Gasteiger partial charge in [-0.1, -0.05) is 47.1 Å². The van der Waals surface area contributed by atoms with E-state index < -0.39 is 0 Å². The lowest BCUT2D eigenvalue weighted by atomic mass is 10.1. The van der Waals surface area contributed by atoms with Crippen molar-refractivity contribution in [2.24, 2.45) is 0 Å². The molecular weight excluding hydrogens is 228 g/mol. The Labute approximate surface area is 87.3 Å². The van der Waals surface area contributed by atoms with E-state index in [1.165, 1.54) is 5.56 Å². The SMILES string of the molecule is CCc1ccc(C(Br)C(C)=O)cc1. The maximum Gasteiger partial charge on any atom is 0.147 e. The third kappa shape index (κ3) is 2.66. The van der Waals surface area contributed by atoms with Gasteiger partial charge in [0, 0.05) is 0 Å². The second kappa shape index (κ2) is 4.56. The van der Waals surface area contributed by atoms with Crippen molar-refractivity contribution in [2.75, 3.05) is 0 Å². The van der Waals surface area contributed by atoms with Crippen molar-refractivity contribution in [3.8, 4) is 0 Å². The smallest absolute Gasteiger partial charge is 0.147 e. The van der Waals surface area contributed by atoms with Gasteiger partial charge in [-0.2, -0.15) is 0 Å². The Morgan fingerprint density at radius 2 is 1.92 bits per heavy atom. The second-order valence-electron chi connectivity index (χ2n) is 3.07. The lowest BCUT2D eigenvalue weighted by molar-refractivity contribution is -0.116.